The van der Waals surface area contributed by atoms with Crippen molar-refractivity contribution in [2.45, 2.75) is 48.8 Å². The third-order valence-electron chi connectivity index (χ3n) is 4.27. The van der Waals surface area contributed by atoms with Crippen molar-refractivity contribution in [3.8, 4) is 0 Å². The number of pyridine rings is 1. The lowest BCUT2D eigenvalue weighted by atomic mass is 9.96. The molecule has 1 N–H and O–H groups in total. The molecule has 1 saturated heterocycles. The number of aromatic nitrogens is 1. The standard InChI is InChI=1S/C15H20N2O2S/c1-20-14-12(5-4-8-16-14)13(18)17-11-9-15(19-10-11)6-2-3-7-15/h4-5,8,11H,2-3,6-7,9-10H2,1H3,(H,17,18)/t11-/m1/s1. The molecule has 4 nitrogen and oxygen atoms in total. The SMILES string of the molecule is CSc1ncccc1C(=O)N[C@H]1COC2(CCCC2)C1. The molecule has 0 unspecified atom stereocenters. The van der Waals surface area contributed by atoms with E-state index in [2.05, 4.69) is 10.3 Å². The van der Waals surface area contributed by atoms with Crippen molar-refractivity contribution < 1.29 is 9.53 Å². The maximum atomic E-state index is 12.4. The molecule has 3 rings (SSSR count). The highest BCUT2D eigenvalue weighted by Gasteiger charge is 2.42. The fourth-order valence-electron chi connectivity index (χ4n) is 3.29. The number of hydrogen-bond donors (Lipinski definition) is 1. The lowest BCUT2D eigenvalue weighted by Crippen LogP contribution is -2.36. The van der Waals surface area contributed by atoms with Crippen molar-refractivity contribution in [1.29, 1.82) is 0 Å². The van der Waals surface area contributed by atoms with Crippen LogP contribution in [-0.2, 0) is 4.74 Å². The van der Waals surface area contributed by atoms with Gasteiger partial charge in [0.2, 0.25) is 0 Å². The average molecular weight is 292 g/mol. The summed E-state index contributed by atoms with van der Waals surface area (Å²) in [5.74, 6) is -0.0360. The van der Waals surface area contributed by atoms with Crippen LogP contribution in [0.25, 0.3) is 0 Å². The molecule has 2 fully saturated rings. The van der Waals surface area contributed by atoms with Crippen LogP contribution >= 0.6 is 11.8 Å². The largest absolute Gasteiger partial charge is 0.373 e. The van der Waals surface area contributed by atoms with Gasteiger partial charge in [0.15, 0.2) is 0 Å². The predicted octanol–water partition coefficient (Wildman–Crippen LogP) is 2.64. The molecule has 0 radical (unpaired) electrons. The molecule has 1 atom stereocenters. The van der Waals surface area contributed by atoms with Crippen LogP contribution in [-0.4, -0.2) is 35.4 Å². The Hall–Kier alpha value is -1.07. The number of thioether (sulfide) groups is 1. The van der Waals surface area contributed by atoms with Crippen LogP contribution in [0.5, 0.6) is 0 Å². The summed E-state index contributed by atoms with van der Waals surface area (Å²) in [6.45, 7) is 0.639. The van der Waals surface area contributed by atoms with Gasteiger partial charge in [-0.25, -0.2) is 4.98 Å². The first-order valence-corrected chi connectivity index (χ1v) is 8.39. The van der Waals surface area contributed by atoms with E-state index in [1.165, 1.54) is 24.6 Å². The fraction of sp³-hybridized carbons (Fsp3) is 0.600. The number of amides is 1. The Bertz CT molecular complexity index is 500. The van der Waals surface area contributed by atoms with E-state index < -0.39 is 0 Å². The van der Waals surface area contributed by atoms with Gasteiger partial charge in [-0.2, -0.15) is 0 Å². The monoisotopic (exact) mass is 292 g/mol. The van der Waals surface area contributed by atoms with Gasteiger partial charge >= 0.3 is 0 Å². The van der Waals surface area contributed by atoms with Gasteiger partial charge in [-0.05, 0) is 37.7 Å². The summed E-state index contributed by atoms with van der Waals surface area (Å²) in [6, 6.07) is 3.77. The molecular formula is C15H20N2O2S. The Labute approximate surface area is 123 Å². The zero-order valence-corrected chi connectivity index (χ0v) is 12.5. The second kappa shape index (κ2) is 5.74. The summed E-state index contributed by atoms with van der Waals surface area (Å²) in [5.41, 5.74) is 0.710. The Kier molecular flexibility index (Phi) is 3.98. The van der Waals surface area contributed by atoms with E-state index in [9.17, 15) is 4.79 Å². The summed E-state index contributed by atoms with van der Waals surface area (Å²) in [6.07, 6.45) is 9.39. The lowest BCUT2D eigenvalue weighted by Gasteiger charge is -2.21. The van der Waals surface area contributed by atoms with E-state index in [1.807, 2.05) is 12.3 Å². The van der Waals surface area contributed by atoms with E-state index >= 15 is 0 Å². The van der Waals surface area contributed by atoms with Gasteiger partial charge in [-0.3, -0.25) is 4.79 Å². The van der Waals surface area contributed by atoms with E-state index in [-0.39, 0.29) is 17.6 Å². The third-order valence-corrected chi connectivity index (χ3v) is 4.98. The number of carbonyl (C=O) groups excluding carboxylic acids is 1. The highest BCUT2D eigenvalue weighted by atomic mass is 32.2. The quantitative estimate of drug-likeness (QED) is 0.870. The zero-order valence-electron chi connectivity index (χ0n) is 11.7. The van der Waals surface area contributed by atoms with Crippen LogP contribution < -0.4 is 5.32 Å². The number of nitrogens with one attached hydrogen (secondary N) is 1. The second-order valence-electron chi connectivity index (χ2n) is 5.64. The molecule has 108 valence electrons. The first-order chi connectivity index (χ1) is 9.72. The highest BCUT2D eigenvalue weighted by Crippen LogP contribution is 2.40. The summed E-state index contributed by atoms with van der Waals surface area (Å²) in [4.78, 5) is 16.6. The van der Waals surface area contributed by atoms with Gasteiger partial charge in [0.25, 0.3) is 5.91 Å². The summed E-state index contributed by atoms with van der Waals surface area (Å²) in [5, 5.41) is 3.88. The van der Waals surface area contributed by atoms with Crippen LogP contribution in [0.4, 0.5) is 0 Å². The van der Waals surface area contributed by atoms with Crippen LogP contribution in [0, 0.1) is 0 Å². The van der Waals surface area contributed by atoms with Crippen molar-refractivity contribution in [2.75, 3.05) is 12.9 Å². The smallest absolute Gasteiger partial charge is 0.254 e. The molecule has 0 bridgehead atoms. The minimum Gasteiger partial charge on any atom is -0.373 e. The zero-order chi connectivity index (χ0) is 14.0. The fourth-order valence-corrected chi connectivity index (χ4v) is 3.84. The first kappa shape index (κ1) is 13.9. The molecule has 1 aromatic heterocycles. The molecule has 1 aliphatic carbocycles. The Morgan fingerprint density at radius 3 is 3.05 bits per heavy atom. The van der Waals surface area contributed by atoms with Gasteiger partial charge in [0.1, 0.15) is 5.03 Å². The van der Waals surface area contributed by atoms with Crippen molar-refractivity contribution in [3.05, 3.63) is 23.9 Å². The van der Waals surface area contributed by atoms with Crippen LogP contribution in [0.15, 0.2) is 23.4 Å². The van der Waals surface area contributed by atoms with Gasteiger partial charge in [0, 0.05) is 6.20 Å². The summed E-state index contributed by atoms with van der Waals surface area (Å²) >= 11 is 1.50. The predicted molar refractivity (Wildman–Crippen MR) is 79.0 cm³/mol. The topological polar surface area (TPSA) is 51.2 Å². The Balaban J connectivity index is 1.65. The average Bonchev–Trinajstić information content (AvgIpc) is 3.09. The van der Waals surface area contributed by atoms with Gasteiger partial charge in [0.05, 0.1) is 23.8 Å². The van der Waals surface area contributed by atoms with Crippen LogP contribution in [0.2, 0.25) is 0 Å². The van der Waals surface area contributed by atoms with Gasteiger partial charge in [-0.1, -0.05) is 12.8 Å². The number of rotatable bonds is 3. The molecule has 0 aromatic carbocycles. The maximum Gasteiger partial charge on any atom is 0.254 e. The number of nitrogens with zero attached hydrogens (tertiary/aromatic N) is 1. The first-order valence-electron chi connectivity index (χ1n) is 7.16. The van der Waals surface area contributed by atoms with Crippen molar-refractivity contribution in [3.63, 3.8) is 0 Å². The lowest BCUT2D eigenvalue weighted by molar-refractivity contribution is 0.00987. The van der Waals surface area contributed by atoms with Crippen LogP contribution in [0.3, 0.4) is 0 Å². The Morgan fingerprint density at radius 1 is 1.50 bits per heavy atom. The van der Waals surface area contributed by atoms with E-state index in [4.69, 9.17) is 4.74 Å². The number of hydrogen-bond acceptors (Lipinski definition) is 4. The van der Waals surface area contributed by atoms with Gasteiger partial charge < -0.3 is 10.1 Å². The minimum absolute atomic E-state index is 0.0360. The van der Waals surface area contributed by atoms with E-state index in [0.717, 1.165) is 24.3 Å². The number of ether oxygens (including phenoxy) is 1. The van der Waals surface area contributed by atoms with Crippen molar-refractivity contribution in [1.82, 2.24) is 10.3 Å². The highest BCUT2D eigenvalue weighted by molar-refractivity contribution is 7.98. The molecule has 5 heteroatoms. The molecule has 1 aliphatic heterocycles. The second-order valence-corrected chi connectivity index (χ2v) is 6.43. The van der Waals surface area contributed by atoms with E-state index in [1.54, 1.807) is 12.3 Å². The van der Waals surface area contributed by atoms with Gasteiger partial charge in [-0.15, -0.1) is 11.8 Å². The molecule has 1 saturated carbocycles. The summed E-state index contributed by atoms with van der Waals surface area (Å²) in [7, 11) is 0. The molecule has 1 aromatic rings. The van der Waals surface area contributed by atoms with E-state index in [0.29, 0.717) is 12.2 Å². The van der Waals surface area contributed by atoms with Crippen molar-refractivity contribution in [2.24, 2.45) is 0 Å². The third kappa shape index (κ3) is 2.69. The molecule has 1 spiro atoms. The maximum absolute atomic E-state index is 12.4. The molecular weight excluding hydrogens is 272 g/mol. The molecule has 20 heavy (non-hydrogen) atoms. The molecule has 2 aliphatic rings. The minimum atomic E-state index is -0.0360. The Morgan fingerprint density at radius 2 is 2.30 bits per heavy atom. The number of carbonyl (C=O) groups is 1. The molecule has 1 amide bonds. The van der Waals surface area contributed by atoms with Crippen molar-refractivity contribution >= 4 is 17.7 Å². The molecule has 2 heterocycles. The van der Waals surface area contributed by atoms with Crippen LogP contribution in [0.1, 0.15) is 42.5 Å². The normalized spacial score (nSPS) is 24.1. The summed E-state index contributed by atoms with van der Waals surface area (Å²) < 4.78 is 5.97.